The Morgan fingerprint density at radius 3 is 2.59 bits per heavy atom. The van der Waals surface area contributed by atoms with Crippen LogP contribution in [-0.4, -0.2) is 18.4 Å². The summed E-state index contributed by atoms with van der Waals surface area (Å²) in [5, 5.41) is 0. The second kappa shape index (κ2) is 5.09. The number of nitrogens with one attached hydrogen (secondary N) is 3. The van der Waals surface area contributed by atoms with Crippen LogP contribution >= 0.6 is 0 Å². The maximum Gasteiger partial charge on any atom is 0.323 e. The first-order valence-corrected chi connectivity index (χ1v) is 7.78. The zero-order valence-corrected chi connectivity index (χ0v) is 12.1. The molecule has 6 nitrogen and oxygen atoms in total. The van der Waals surface area contributed by atoms with Gasteiger partial charge in [0.15, 0.2) is 0 Å². The van der Waals surface area contributed by atoms with Gasteiger partial charge in [0.1, 0.15) is 0 Å². The molecule has 7 heteroatoms. The summed E-state index contributed by atoms with van der Waals surface area (Å²) >= 11 is 0. The molecule has 3 N–H and O–H groups in total. The van der Waals surface area contributed by atoms with Gasteiger partial charge >= 0.3 is 5.69 Å². The van der Waals surface area contributed by atoms with E-state index >= 15 is 0 Å². The molecular formula is C15H11N3O3S. The summed E-state index contributed by atoms with van der Waals surface area (Å²) in [6, 6.07) is 10.9. The molecule has 3 aromatic rings. The van der Waals surface area contributed by atoms with Crippen molar-refractivity contribution in [3.8, 4) is 12.3 Å². The Labute approximate surface area is 126 Å². The predicted molar refractivity (Wildman–Crippen MR) is 84.1 cm³/mol. The number of imidazole rings is 1. The Hall–Kier alpha value is -2.98. The second-order valence-corrected chi connectivity index (χ2v) is 6.30. The van der Waals surface area contributed by atoms with Crippen LogP contribution in [0.3, 0.4) is 0 Å². The van der Waals surface area contributed by atoms with Crippen LogP contribution in [0.2, 0.25) is 0 Å². The van der Waals surface area contributed by atoms with Crippen LogP contribution in [0.15, 0.2) is 52.2 Å². The number of sulfonamides is 1. The van der Waals surface area contributed by atoms with Crippen molar-refractivity contribution in [1.29, 1.82) is 0 Å². The zero-order valence-electron chi connectivity index (χ0n) is 11.3. The summed E-state index contributed by atoms with van der Waals surface area (Å²) in [6.45, 7) is 0. The fourth-order valence-corrected chi connectivity index (χ4v) is 3.14. The summed E-state index contributed by atoms with van der Waals surface area (Å²) in [7, 11) is -3.78. The summed E-state index contributed by atoms with van der Waals surface area (Å²) in [6.07, 6.45) is 5.29. The van der Waals surface area contributed by atoms with Gasteiger partial charge in [-0.05, 0) is 36.4 Å². The molecule has 0 atom stereocenters. The fraction of sp³-hybridized carbons (Fsp3) is 0. The summed E-state index contributed by atoms with van der Waals surface area (Å²) in [4.78, 5) is 16.3. The van der Waals surface area contributed by atoms with Gasteiger partial charge in [-0.1, -0.05) is 12.0 Å². The monoisotopic (exact) mass is 313 g/mol. The lowest BCUT2D eigenvalue weighted by molar-refractivity contribution is 0.601. The number of aromatic amines is 2. The van der Waals surface area contributed by atoms with Gasteiger partial charge in [-0.3, -0.25) is 4.72 Å². The molecule has 0 saturated heterocycles. The molecule has 3 rings (SSSR count). The van der Waals surface area contributed by atoms with Gasteiger partial charge in [-0.15, -0.1) is 6.42 Å². The molecule has 2 aromatic carbocycles. The van der Waals surface area contributed by atoms with Crippen molar-refractivity contribution in [2.75, 3.05) is 4.72 Å². The molecule has 0 radical (unpaired) electrons. The van der Waals surface area contributed by atoms with E-state index < -0.39 is 10.0 Å². The summed E-state index contributed by atoms with van der Waals surface area (Å²) in [5.41, 5.74) is 1.52. The van der Waals surface area contributed by atoms with Crippen LogP contribution in [0, 0.1) is 12.3 Å². The predicted octanol–water partition coefficient (Wildman–Crippen LogP) is 1.64. The topological polar surface area (TPSA) is 94.8 Å². The minimum atomic E-state index is -3.78. The maximum atomic E-state index is 12.4. The number of H-pyrrole nitrogens is 2. The van der Waals surface area contributed by atoms with E-state index in [1.165, 1.54) is 18.2 Å². The van der Waals surface area contributed by atoms with E-state index in [1.807, 2.05) is 0 Å². The molecule has 0 aliphatic carbocycles. The SMILES string of the molecule is C#Cc1cccc(NS(=O)(=O)c2ccc3[nH]c(=O)[nH]c3c2)c1. The van der Waals surface area contributed by atoms with Gasteiger partial charge in [0.2, 0.25) is 0 Å². The van der Waals surface area contributed by atoms with Gasteiger partial charge in [0.25, 0.3) is 10.0 Å². The largest absolute Gasteiger partial charge is 0.323 e. The number of hydrogen-bond acceptors (Lipinski definition) is 3. The zero-order chi connectivity index (χ0) is 15.7. The molecule has 0 unspecified atom stereocenters. The van der Waals surface area contributed by atoms with Crippen molar-refractivity contribution in [2.45, 2.75) is 4.90 Å². The van der Waals surface area contributed by atoms with E-state index in [0.29, 0.717) is 22.3 Å². The average molecular weight is 313 g/mol. The average Bonchev–Trinajstić information content (AvgIpc) is 2.86. The number of fused-ring (bicyclic) bond motifs is 1. The Bertz CT molecular complexity index is 1060. The molecule has 22 heavy (non-hydrogen) atoms. The first kappa shape index (κ1) is 14.0. The fourth-order valence-electron chi connectivity index (χ4n) is 2.07. The Balaban J connectivity index is 2.00. The van der Waals surface area contributed by atoms with Gasteiger partial charge in [-0.25, -0.2) is 13.2 Å². The molecule has 0 aliphatic rings. The molecule has 1 aromatic heterocycles. The van der Waals surface area contributed by atoms with E-state index in [-0.39, 0.29) is 10.6 Å². The first-order chi connectivity index (χ1) is 10.5. The van der Waals surface area contributed by atoms with E-state index in [0.717, 1.165) is 0 Å². The van der Waals surface area contributed by atoms with Crippen molar-refractivity contribution in [3.05, 3.63) is 58.5 Å². The van der Waals surface area contributed by atoms with Crippen molar-refractivity contribution in [2.24, 2.45) is 0 Å². The molecule has 0 spiro atoms. The quantitative estimate of drug-likeness (QED) is 0.641. The highest BCUT2D eigenvalue weighted by atomic mass is 32.2. The Morgan fingerprint density at radius 2 is 1.82 bits per heavy atom. The third-order valence-electron chi connectivity index (χ3n) is 3.08. The van der Waals surface area contributed by atoms with Gasteiger partial charge in [0, 0.05) is 5.56 Å². The number of aromatic nitrogens is 2. The summed E-state index contributed by atoms with van der Waals surface area (Å²) in [5.74, 6) is 2.44. The number of rotatable bonds is 3. The van der Waals surface area contributed by atoms with Crippen molar-refractivity contribution < 1.29 is 8.42 Å². The van der Waals surface area contributed by atoms with E-state index in [1.54, 1.807) is 24.3 Å². The maximum absolute atomic E-state index is 12.4. The minimum absolute atomic E-state index is 0.0429. The molecule has 0 bridgehead atoms. The lowest BCUT2D eigenvalue weighted by Crippen LogP contribution is -2.12. The third-order valence-corrected chi connectivity index (χ3v) is 4.46. The molecular weight excluding hydrogens is 302 g/mol. The molecule has 1 heterocycles. The van der Waals surface area contributed by atoms with Crippen LogP contribution in [0.4, 0.5) is 5.69 Å². The number of terminal acetylenes is 1. The van der Waals surface area contributed by atoms with E-state index in [2.05, 4.69) is 20.6 Å². The van der Waals surface area contributed by atoms with Gasteiger partial charge in [0.05, 0.1) is 21.6 Å². The van der Waals surface area contributed by atoms with Crippen LogP contribution < -0.4 is 10.4 Å². The normalized spacial score (nSPS) is 11.2. The van der Waals surface area contributed by atoms with Crippen LogP contribution in [-0.2, 0) is 10.0 Å². The highest BCUT2D eigenvalue weighted by Gasteiger charge is 2.15. The molecule has 0 saturated carbocycles. The lowest BCUT2D eigenvalue weighted by atomic mass is 10.2. The Morgan fingerprint density at radius 1 is 1.05 bits per heavy atom. The third kappa shape index (κ3) is 2.60. The molecule has 0 fully saturated rings. The van der Waals surface area contributed by atoms with Crippen LogP contribution in [0.5, 0.6) is 0 Å². The number of benzene rings is 2. The second-order valence-electron chi connectivity index (χ2n) is 4.62. The minimum Gasteiger partial charge on any atom is -0.306 e. The molecule has 110 valence electrons. The smallest absolute Gasteiger partial charge is 0.306 e. The van der Waals surface area contributed by atoms with E-state index in [4.69, 9.17) is 6.42 Å². The van der Waals surface area contributed by atoms with Gasteiger partial charge in [-0.2, -0.15) is 0 Å². The highest BCUT2D eigenvalue weighted by molar-refractivity contribution is 7.92. The van der Waals surface area contributed by atoms with Crippen LogP contribution in [0.1, 0.15) is 5.56 Å². The number of anilines is 1. The lowest BCUT2D eigenvalue weighted by Gasteiger charge is -2.08. The van der Waals surface area contributed by atoms with Crippen molar-refractivity contribution in [3.63, 3.8) is 0 Å². The van der Waals surface area contributed by atoms with Crippen LogP contribution in [0.25, 0.3) is 11.0 Å². The Kier molecular flexibility index (Phi) is 3.23. The number of hydrogen-bond donors (Lipinski definition) is 3. The standard InChI is InChI=1S/C15H11N3O3S/c1-2-10-4-3-5-11(8-10)18-22(20,21)12-6-7-13-14(9-12)17-15(19)16-13/h1,3-9,18H,(H2,16,17,19). The van der Waals surface area contributed by atoms with Crippen molar-refractivity contribution in [1.82, 2.24) is 9.97 Å². The summed E-state index contributed by atoms with van der Waals surface area (Å²) < 4.78 is 27.2. The highest BCUT2D eigenvalue weighted by Crippen LogP contribution is 2.19. The van der Waals surface area contributed by atoms with Gasteiger partial charge < -0.3 is 9.97 Å². The first-order valence-electron chi connectivity index (χ1n) is 6.29. The van der Waals surface area contributed by atoms with E-state index in [9.17, 15) is 13.2 Å². The molecule has 0 aliphatic heterocycles. The molecule has 0 amide bonds. The van der Waals surface area contributed by atoms with Crippen molar-refractivity contribution >= 4 is 26.7 Å².